The van der Waals surface area contributed by atoms with Crippen molar-refractivity contribution in [3.05, 3.63) is 40.6 Å². The van der Waals surface area contributed by atoms with Gasteiger partial charge in [-0.3, -0.25) is 0 Å². The van der Waals surface area contributed by atoms with Gasteiger partial charge in [-0.1, -0.05) is 6.07 Å². The van der Waals surface area contributed by atoms with Gasteiger partial charge in [0, 0.05) is 29.7 Å². The highest BCUT2D eigenvalue weighted by Gasteiger charge is 2.09. The summed E-state index contributed by atoms with van der Waals surface area (Å²) in [6, 6.07) is 5.12. The molecule has 0 aromatic carbocycles. The maximum absolute atomic E-state index is 4.21. The molecule has 2 heterocycles. The van der Waals surface area contributed by atoms with E-state index in [2.05, 4.69) is 53.2 Å². The smallest absolute Gasteiger partial charge is 0.0951 e. The minimum atomic E-state index is 0.394. The Kier molecular flexibility index (Phi) is 3.97. The fourth-order valence-corrected chi connectivity index (χ4v) is 2.59. The Balaban J connectivity index is 1.96. The molecule has 0 saturated carbocycles. The van der Waals surface area contributed by atoms with E-state index in [0.29, 0.717) is 12.1 Å². The van der Waals surface area contributed by atoms with E-state index in [0.717, 1.165) is 6.54 Å². The third-order valence-electron chi connectivity index (χ3n) is 2.86. The fraction of sp³-hybridized carbons (Fsp3) is 0.462. The van der Waals surface area contributed by atoms with E-state index in [1.807, 2.05) is 12.5 Å². The van der Waals surface area contributed by atoms with Crippen LogP contribution in [0.15, 0.2) is 30.0 Å². The number of imidazole rings is 1. The van der Waals surface area contributed by atoms with Crippen LogP contribution < -0.4 is 5.32 Å². The maximum Gasteiger partial charge on any atom is 0.0951 e. The molecule has 1 atom stereocenters. The summed E-state index contributed by atoms with van der Waals surface area (Å²) in [6.45, 7) is 7.40. The molecule has 0 radical (unpaired) electrons. The number of hydrogen-bond acceptors (Lipinski definition) is 3. The summed E-state index contributed by atoms with van der Waals surface area (Å²) in [6.07, 6.45) is 3.84. The molecule has 0 aliphatic carbocycles. The highest BCUT2D eigenvalue weighted by atomic mass is 32.1. The van der Waals surface area contributed by atoms with Crippen molar-refractivity contribution in [3.63, 3.8) is 0 Å². The van der Waals surface area contributed by atoms with E-state index in [1.165, 1.54) is 10.6 Å². The Hall–Kier alpha value is -1.13. The van der Waals surface area contributed by atoms with Crippen LogP contribution in [-0.4, -0.2) is 9.55 Å². The topological polar surface area (TPSA) is 29.9 Å². The number of nitrogens with one attached hydrogen (secondary N) is 1. The first-order chi connectivity index (χ1) is 8.18. The third-order valence-corrected chi connectivity index (χ3v) is 3.92. The third kappa shape index (κ3) is 2.96. The van der Waals surface area contributed by atoms with Crippen LogP contribution in [0.25, 0.3) is 0 Å². The van der Waals surface area contributed by atoms with Crippen LogP contribution in [0, 0.1) is 0 Å². The molecule has 0 amide bonds. The largest absolute Gasteiger partial charge is 0.331 e. The quantitative estimate of drug-likeness (QED) is 0.880. The lowest BCUT2D eigenvalue weighted by Crippen LogP contribution is -2.19. The van der Waals surface area contributed by atoms with E-state index in [4.69, 9.17) is 0 Å². The highest BCUT2D eigenvalue weighted by Crippen LogP contribution is 2.19. The summed E-state index contributed by atoms with van der Waals surface area (Å²) < 4.78 is 2.20. The van der Waals surface area contributed by atoms with E-state index < -0.39 is 0 Å². The van der Waals surface area contributed by atoms with Crippen LogP contribution in [0.2, 0.25) is 0 Å². The van der Waals surface area contributed by atoms with Crippen LogP contribution in [0.1, 0.15) is 43.4 Å². The lowest BCUT2D eigenvalue weighted by Gasteiger charge is -2.15. The summed E-state index contributed by atoms with van der Waals surface area (Å²) in [5.74, 6) is 0. The molecular weight excluding hydrogens is 230 g/mol. The standard InChI is InChI=1S/C13H19N3S/c1-10(2)16-9-14-7-12(16)8-15-11(3)13-5-4-6-17-13/h4-7,9-11,15H,8H2,1-3H3/t11-/m0/s1. The summed E-state index contributed by atoms with van der Waals surface area (Å²) in [5, 5.41) is 5.65. The molecule has 0 unspecified atom stereocenters. The van der Waals surface area contributed by atoms with E-state index in [9.17, 15) is 0 Å². The summed E-state index contributed by atoms with van der Waals surface area (Å²) in [7, 11) is 0. The lowest BCUT2D eigenvalue weighted by atomic mass is 10.2. The van der Waals surface area contributed by atoms with Crippen molar-refractivity contribution in [2.45, 2.75) is 39.4 Å². The molecule has 0 aliphatic rings. The van der Waals surface area contributed by atoms with Gasteiger partial charge in [0.2, 0.25) is 0 Å². The molecule has 2 aromatic rings. The second-order valence-corrected chi connectivity index (χ2v) is 5.48. The van der Waals surface area contributed by atoms with Crippen LogP contribution in [0.4, 0.5) is 0 Å². The Labute approximate surface area is 107 Å². The van der Waals surface area contributed by atoms with Gasteiger partial charge in [-0.25, -0.2) is 4.98 Å². The molecule has 2 aromatic heterocycles. The van der Waals surface area contributed by atoms with Gasteiger partial charge in [0.05, 0.1) is 12.0 Å². The molecule has 17 heavy (non-hydrogen) atoms. The molecule has 2 rings (SSSR count). The van der Waals surface area contributed by atoms with Crippen molar-refractivity contribution < 1.29 is 0 Å². The minimum absolute atomic E-state index is 0.394. The maximum atomic E-state index is 4.21. The molecule has 0 saturated heterocycles. The van der Waals surface area contributed by atoms with Crippen LogP contribution >= 0.6 is 11.3 Å². The van der Waals surface area contributed by atoms with E-state index >= 15 is 0 Å². The second kappa shape index (κ2) is 5.47. The van der Waals surface area contributed by atoms with E-state index in [-0.39, 0.29) is 0 Å². The van der Waals surface area contributed by atoms with Gasteiger partial charge in [-0.05, 0) is 32.2 Å². The normalized spacial score (nSPS) is 13.2. The summed E-state index contributed by atoms with van der Waals surface area (Å²) in [4.78, 5) is 5.59. The molecule has 3 nitrogen and oxygen atoms in total. The molecule has 92 valence electrons. The van der Waals surface area contributed by atoms with Crippen molar-refractivity contribution in [2.24, 2.45) is 0 Å². The number of hydrogen-bond donors (Lipinski definition) is 1. The second-order valence-electron chi connectivity index (χ2n) is 4.50. The predicted octanol–water partition coefficient (Wildman–Crippen LogP) is 3.38. The molecule has 0 bridgehead atoms. The minimum Gasteiger partial charge on any atom is -0.331 e. The Morgan fingerprint density at radius 3 is 2.88 bits per heavy atom. The first-order valence-corrected chi connectivity index (χ1v) is 6.84. The van der Waals surface area contributed by atoms with Gasteiger partial charge in [0.1, 0.15) is 0 Å². The van der Waals surface area contributed by atoms with Crippen molar-refractivity contribution in [1.29, 1.82) is 0 Å². The average molecular weight is 249 g/mol. The van der Waals surface area contributed by atoms with Crippen LogP contribution in [0.3, 0.4) is 0 Å². The first kappa shape index (κ1) is 12.3. The summed E-state index contributed by atoms with van der Waals surface area (Å²) in [5.41, 5.74) is 1.24. The van der Waals surface area contributed by atoms with Gasteiger partial charge in [0.15, 0.2) is 0 Å². The van der Waals surface area contributed by atoms with Crippen molar-refractivity contribution in [1.82, 2.24) is 14.9 Å². The number of nitrogens with zero attached hydrogens (tertiary/aromatic N) is 2. The lowest BCUT2D eigenvalue weighted by molar-refractivity contribution is 0.522. The van der Waals surface area contributed by atoms with E-state index in [1.54, 1.807) is 11.3 Å². The Morgan fingerprint density at radius 2 is 2.24 bits per heavy atom. The van der Waals surface area contributed by atoms with Crippen molar-refractivity contribution in [3.8, 4) is 0 Å². The fourth-order valence-electron chi connectivity index (χ4n) is 1.83. The monoisotopic (exact) mass is 249 g/mol. The number of thiophene rings is 1. The zero-order valence-corrected chi connectivity index (χ0v) is 11.4. The van der Waals surface area contributed by atoms with Crippen molar-refractivity contribution in [2.75, 3.05) is 0 Å². The molecule has 0 spiro atoms. The Bertz CT molecular complexity index is 445. The molecule has 4 heteroatoms. The highest BCUT2D eigenvalue weighted by molar-refractivity contribution is 7.10. The van der Waals surface area contributed by atoms with Gasteiger partial charge >= 0.3 is 0 Å². The zero-order valence-electron chi connectivity index (χ0n) is 10.6. The van der Waals surface area contributed by atoms with Gasteiger partial charge in [0.25, 0.3) is 0 Å². The SMILES string of the molecule is CC(C)n1cncc1CN[C@@H](C)c1cccs1. The number of aromatic nitrogens is 2. The van der Waals surface area contributed by atoms with Crippen molar-refractivity contribution >= 4 is 11.3 Å². The number of rotatable bonds is 5. The van der Waals surface area contributed by atoms with Gasteiger partial charge in [-0.2, -0.15) is 0 Å². The van der Waals surface area contributed by atoms with Gasteiger partial charge in [-0.15, -0.1) is 11.3 Å². The molecule has 1 N–H and O–H groups in total. The average Bonchev–Trinajstić information content (AvgIpc) is 2.96. The summed E-state index contributed by atoms with van der Waals surface area (Å²) >= 11 is 1.79. The molecule has 0 fully saturated rings. The Morgan fingerprint density at radius 1 is 1.41 bits per heavy atom. The zero-order chi connectivity index (χ0) is 12.3. The molecular formula is C13H19N3S. The van der Waals surface area contributed by atoms with Crippen LogP contribution in [-0.2, 0) is 6.54 Å². The molecule has 0 aliphatic heterocycles. The first-order valence-electron chi connectivity index (χ1n) is 5.96. The predicted molar refractivity (Wildman–Crippen MR) is 72.2 cm³/mol. The van der Waals surface area contributed by atoms with Gasteiger partial charge < -0.3 is 9.88 Å². The van der Waals surface area contributed by atoms with Crippen LogP contribution in [0.5, 0.6) is 0 Å².